The van der Waals surface area contributed by atoms with Crippen LogP contribution in [-0.2, 0) is 11.2 Å². The molecular weight excluding hydrogens is 276 g/mol. The molecule has 5 nitrogen and oxygen atoms in total. The van der Waals surface area contributed by atoms with Gasteiger partial charge in [0.2, 0.25) is 0 Å². The van der Waals surface area contributed by atoms with Crippen molar-refractivity contribution in [2.24, 2.45) is 0 Å². The Balaban J connectivity index is 1.85. The molecule has 0 aliphatic carbocycles. The van der Waals surface area contributed by atoms with E-state index in [4.69, 9.17) is 5.26 Å². The molecule has 0 spiro atoms. The molecule has 0 atom stereocenters. The molecule has 5 heteroatoms. The molecule has 2 N–H and O–H groups in total. The van der Waals surface area contributed by atoms with Gasteiger partial charge in [0.05, 0.1) is 0 Å². The molecular formula is C17H16N4O. The van der Waals surface area contributed by atoms with Crippen LogP contribution in [0, 0.1) is 11.3 Å². The molecule has 110 valence electrons. The van der Waals surface area contributed by atoms with Crippen molar-refractivity contribution in [1.82, 2.24) is 10.3 Å². The Labute approximate surface area is 129 Å². The van der Waals surface area contributed by atoms with Gasteiger partial charge in [-0.15, -0.1) is 0 Å². The first-order chi connectivity index (χ1) is 10.8. The molecule has 0 unspecified atom stereocenters. The molecule has 22 heavy (non-hydrogen) atoms. The quantitative estimate of drug-likeness (QED) is 0.632. The van der Waals surface area contributed by atoms with Crippen molar-refractivity contribution >= 4 is 11.7 Å². The third kappa shape index (κ3) is 4.76. The number of aromatic nitrogens is 1. The van der Waals surface area contributed by atoms with Gasteiger partial charge in [-0.25, -0.2) is 4.98 Å². The highest BCUT2D eigenvalue weighted by Gasteiger charge is 2.07. The van der Waals surface area contributed by atoms with Gasteiger partial charge in [-0.3, -0.25) is 4.79 Å². The molecule has 1 heterocycles. The fourth-order valence-electron chi connectivity index (χ4n) is 1.80. The number of anilines is 1. The highest BCUT2D eigenvalue weighted by atomic mass is 16.1. The maximum Gasteiger partial charge on any atom is 0.263 e. The van der Waals surface area contributed by atoms with E-state index in [-0.39, 0.29) is 5.57 Å². The summed E-state index contributed by atoms with van der Waals surface area (Å²) in [5, 5.41) is 14.6. The Kier molecular flexibility index (Phi) is 5.70. The number of rotatable bonds is 6. The maximum atomic E-state index is 11.9. The minimum absolute atomic E-state index is 0.0127. The van der Waals surface area contributed by atoms with E-state index >= 15 is 0 Å². The first-order valence-corrected chi connectivity index (χ1v) is 6.89. The summed E-state index contributed by atoms with van der Waals surface area (Å²) < 4.78 is 0. The molecule has 0 saturated carbocycles. The summed E-state index contributed by atoms with van der Waals surface area (Å²) in [6.07, 6.45) is 3.71. The second-order valence-corrected chi connectivity index (χ2v) is 4.52. The summed E-state index contributed by atoms with van der Waals surface area (Å²) in [6, 6.07) is 17.1. The van der Waals surface area contributed by atoms with Crippen LogP contribution in [0.1, 0.15) is 5.56 Å². The fourth-order valence-corrected chi connectivity index (χ4v) is 1.80. The Morgan fingerprint density at radius 3 is 2.64 bits per heavy atom. The minimum atomic E-state index is -0.401. The highest BCUT2D eigenvalue weighted by Crippen LogP contribution is 2.02. The molecule has 0 bridgehead atoms. The lowest BCUT2D eigenvalue weighted by molar-refractivity contribution is -0.117. The van der Waals surface area contributed by atoms with Crippen LogP contribution < -0.4 is 10.6 Å². The van der Waals surface area contributed by atoms with Crippen molar-refractivity contribution in [3.63, 3.8) is 0 Å². The van der Waals surface area contributed by atoms with Gasteiger partial charge in [0.1, 0.15) is 17.5 Å². The van der Waals surface area contributed by atoms with Gasteiger partial charge in [-0.2, -0.15) is 5.26 Å². The van der Waals surface area contributed by atoms with E-state index in [1.807, 2.05) is 42.5 Å². The second-order valence-electron chi connectivity index (χ2n) is 4.52. The zero-order valence-electron chi connectivity index (χ0n) is 12.0. The van der Waals surface area contributed by atoms with Gasteiger partial charge in [-0.1, -0.05) is 36.4 Å². The number of hydrogen-bond acceptors (Lipinski definition) is 4. The Hall–Kier alpha value is -3.13. The summed E-state index contributed by atoms with van der Waals surface area (Å²) in [5.74, 6) is 0.175. The van der Waals surface area contributed by atoms with Crippen LogP contribution in [0.15, 0.2) is 66.5 Å². The van der Waals surface area contributed by atoms with Gasteiger partial charge in [0.15, 0.2) is 0 Å². The lowest BCUT2D eigenvalue weighted by Gasteiger charge is -2.05. The Bertz CT molecular complexity index is 675. The average molecular weight is 292 g/mol. The van der Waals surface area contributed by atoms with E-state index in [1.165, 1.54) is 6.20 Å². The van der Waals surface area contributed by atoms with Gasteiger partial charge in [-0.05, 0) is 24.1 Å². The van der Waals surface area contributed by atoms with Crippen LogP contribution in [0.4, 0.5) is 5.82 Å². The Morgan fingerprint density at radius 1 is 1.18 bits per heavy atom. The van der Waals surface area contributed by atoms with E-state index in [1.54, 1.807) is 18.3 Å². The van der Waals surface area contributed by atoms with Crippen molar-refractivity contribution < 1.29 is 4.79 Å². The fraction of sp³-hybridized carbons (Fsp3) is 0.118. The van der Waals surface area contributed by atoms with Crippen molar-refractivity contribution in [2.75, 3.05) is 11.9 Å². The van der Waals surface area contributed by atoms with Crippen molar-refractivity contribution in [3.05, 3.63) is 72.1 Å². The number of nitrogens with zero attached hydrogens (tertiary/aromatic N) is 2. The molecule has 0 radical (unpaired) electrons. The third-order valence-corrected chi connectivity index (χ3v) is 2.94. The molecule has 2 aromatic rings. The maximum absolute atomic E-state index is 11.9. The highest BCUT2D eigenvalue weighted by molar-refractivity contribution is 5.97. The van der Waals surface area contributed by atoms with Crippen molar-refractivity contribution in [2.45, 2.75) is 6.42 Å². The van der Waals surface area contributed by atoms with Crippen LogP contribution >= 0.6 is 0 Å². The van der Waals surface area contributed by atoms with Crippen LogP contribution in [-0.4, -0.2) is 17.4 Å². The minimum Gasteiger partial charge on any atom is -0.351 e. The number of nitrogens with one attached hydrogen (secondary N) is 2. The van der Waals surface area contributed by atoms with Crippen molar-refractivity contribution in [1.29, 1.82) is 5.26 Å². The molecule has 0 aliphatic rings. The molecule has 2 rings (SSSR count). The average Bonchev–Trinajstić information content (AvgIpc) is 2.57. The molecule has 1 aromatic heterocycles. The predicted molar refractivity (Wildman–Crippen MR) is 84.7 cm³/mol. The van der Waals surface area contributed by atoms with Crippen LogP contribution in [0.3, 0.4) is 0 Å². The van der Waals surface area contributed by atoms with Crippen LogP contribution in [0.5, 0.6) is 0 Å². The predicted octanol–water partition coefficient (Wildman–Crippen LogP) is 2.26. The molecule has 0 saturated heterocycles. The van der Waals surface area contributed by atoms with E-state index in [2.05, 4.69) is 15.6 Å². The van der Waals surface area contributed by atoms with E-state index in [9.17, 15) is 4.79 Å². The first kappa shape index (κ1) is 15.3. The lowest BCUT2D eigenvalue weighted by Crippen LogP contribution is -2.27. The normalized spacial score (nSPS) is 10.6. The number of benzene rings is 1. The second kappa shape index (κ2) is 8.22. The Morgan fingerprint density at radius 2 is 1.95 bits per heavy atom. The van der Waals surface area contributed by atoms with Gasteiger partial charge in [0, 0.05) is 18.9 Å². The summed E-state index contributed by atoms with van der Waals surface area (Å²) in [4.78, 5) is 16.0. The standard InChI is InChI=1S/C17H16N4O/c18-12-15(13-21-16-8-4-5-10-19-16)17(22)20-11-9-14-6-2-1-3-7-14/h1-8,10,13H,9,11H2,(H,19,21)(H,20,22)/b15-13-. The number of carbonyl (C=O) groups is 1. The van der Waals surface area contributed by atoms with E-state index in [0.29, 0.717) is 12.4 Å². The number of pyridine rings is 1. The smallest absolute Gasteiger partial charge is 0.263 e. The topological polar surface area (TPSA) is 77.8 Å². The molecule has 0 fully saturated rings. The summed E-state index contributed by atoms with van der Waals surface area (Å²) in [6.45, 7) is 0.478. The van der Waals surface area contributed by atoms with Crippen LogP contribution in [0.25, 0.3) is 0 Å². The van der Waals surface area contributed by atoms with Crippen LogP contribution in [0.2, 0.25) is 0 Å². The largest absolute Gasteiger partial charge is 0.351 e. The SMILES string of the molecule is N#C/C(=C/Nc1ccccn1)C(=O)NCCc1ccccc1. The first-order valence-electron chi connectivity index (χ1n) is 6.89. The number of nitriles is 1. The van der Waals surface area contributed by atoms with Gasteiger partial charge < -0.3 is 10.6 Å². The molecule has 1 amide bonds. The van der Waals surface area contributed by atoms with E-state index in [0.717, 1.165) is 12.0 Å². The van der Waals surface area contributed by atoms with Gasteiger partial charge in [0.25, 0.3) is 5.91 Å². The molecule has 0 aliphatic heterocycles. The number of amides is 1. The number of hydrogen-bond donors (Lipinski definition) is 2. The molecule has 1 aromatic carbocycles. The number of carbonyl (C=O) groups excluding carboxylic acids is 1. The summed E-state index contributed by atoms with van der Waals surface area (Å²) >= 11 is 0. The van der Waals surface area contributed by atoms with E-state index < -0.39 is 5.91 Å². The zero-order valence-corrected chi connectivity index (χ0v) is 12.0. The van der Waals surface area contributed by atoms with Gasteiger partial charge >= 0.3 is 0 Å². The zero-order chi connectivity index (χ0) is 15.6. The summed E-state index contributed by atoms with van der Waals surface area (Å²) in [5.41, 5.74) is 1.15. The van der Waals surface area contributed by atoms with Crippen molar-refractivity contribution in [3.8, 4) is 6.07 Å². The summed E-state index contributed by atoms with van der Waals surface area (Å²) in [7, 11) is 0. The lowest BCUT2D eigenvalue weighted by atomic mass is 10.1. The third-order valence-electron chi connectivity index (χ3n) is 2.94. The monoisotopic (exact) mass is 292 g/mol.